The molecule has 1 rings (SSSR count). The number of ether oxygens (including phenoxy) is 2. The van der Waals surface area contributed by atoms with E-state index in [9.17, 15) is 0 Å². The normalized spacial score (nSPS) is 13.4. The van der Waals surface area contributed by atoms with Crippen LogP contribution in [-0.4, -0.2) is 19.8 Å². The molecule has 1 atom stereocenters. The minimum Gasteiger partial charge on any atom is -0.497 e. The maximum absolute atomic E-state index is 6.24. The van der Waals surface area contributed by atoms with Crippen molar-refractivity contribution in [2.75, 3.05) is 14.2 Å². The first-order valence-corrected chi connectivity index (χ1v) is 6.83. The second-order valence-electron chi connectivity index (χ2n) is 5.00. The molecule has 0 saturated heterocycles. The molecule has 0 heterocycles. The summed E-state index contributed by atoms with van der Waals surface area (Å²) >= 11 is 3.53. The molecule has 2 N–H and O–H groups in total. The van der Waals surface area contributed by atoms with Crippen molar-refractivity contribution in [3.05, 3.63) is 28.2 Å². The van der Waals surface area contributed by atoms with Crippen LogP contribution in [0.15, 0.2) is 22.7 Å². The molecule has 0 saturated carbocycles. The van der Waals surface area contributed by atoms with Crippen LogP contribution in [0, 0.1) is 0 Å². The zero-order chi connectivity index (χ0) is 13.8. The summed E-state index contributed by atoms with van der Waals surface area (Å²) in [5, 5.41) is 0. The zero-order valence-corrected chi connectivity index (χ0v) is 13.1. The summed E-state index contributed by atoms with van der Waals surface area (Å²) in [6.07, 6.45) is 1.78. The van der Waals surface area contributed by atoms with E-state index in [1.165, 1.54) is 0 Å². The van der Waals surface area contributed by atoms with Crippen molar-refractivity contribution in [1.29, 1.82) is 0 Å². The fraction of sp³-hybridized carbons (Fsp3) is 0.571. The molecule has 1 unspecified atom stereocenters. The smallest absolute Gasteiger partial charge is 0.119 e. The van der Waals surface area contributed by atoms with Gasteiger partial charge in [0, 0.05) is 17.6 Å². The summed E-state index contributed by atoms with van der Waals surface area (Å²) in [5.74, 6) is 0.828. The number of nitrogens with two attached hydrogens (primary N) is 1. The molecule has 0 fully saturated rings. The number of benzene rings is 1. The highest BCUT2D eigenvalue weighted by atomic mass is 79.9. The van der Waals surface area contributed by atoms with Crippen molar-refractivity contribution in [2.45, 2.75) is 38.3 Å². The quantitative estimate of drug-likeness (QED) is 0.871. The fourth-order valence-electron chi connectivity index (χ4n) is 1.69. The van der Waals surface area contributed by atoms with Crippen molar-refractivity contribution in [2.24, 2.45) is 5.73 Å². The Morgan fingerprint density at radius 3 is 2.56 bits per heavy atom. The number of halogens is 1. The van der Waals surface area contributed by atoms with Crippen molar-refractivity contribution >= 4 is 15.9 Å². The van der Waals surface area contributed by atoms with Crippen LogP contribution >= 0.6 is 15.9 Å². The molecule has 0 aromatic heterocycles. The summed E-state index contributed by atoms with van der Waals surface area (Å²) in [6.45, 7) is 4.14. The van der Waals surface area contributed by atoms with Gasteiger partial charge in [-0.15, -0.1) is 0 Å². The second-order valence-corrected chi connectivity index (χ2v) is 5.85. The highest BCUT2D eigenvalue weighted by Gasteiger charge is 2.19. The Balaban J connectivity index is 2.74. The Morgan fingerprint density at radius 2 is 2.00 bits per heavy atom. The first-order chi connectivity index (χ1) is 8.39. The van der Waals surface area contributed by atoms with Crippen LogP contribution in [0.25, 0.3) is 0 Å². The lowest BCUT2D eigenvalue weighted by molar-refractivity contribution is 0.0125. The highest BCUT2D eigenvalue weighted by molar-refractivity contribution is 9.10. The third-order valence-electron chi connectivity index (χ3n) is 3.21. The van der Waals surface area contributed by atoms with Gasteiger partial charge in [0.1, 0.15) is 5.75 Å². The molecule has 18 heavy (non-hydrogen) atoms. The SMILES string of the molecule is COc1ccc(Br)c(C(N)CCC(C)(C)OC)c1. The van der Waals surface area contributed by atoms with Gasteiger partial charge >= 0.3 is 0 Å². The Labute approximate surface area is 118 Å². The van der Waals surface area contributed by atoms with E-state index in [4.69, 9.17) is 15.2 Å². The van der Waals surface area contributed by atoms with Crippen LogP contribution in [0.5, 0.6) is 5.75 Å². The lowest BCUT2D eigenvalue weighted by atomic mass is 9.95. The molecule has 0 aliphatic carbocycles. The average Bonchev–Trinajstić information content (AvgIpc) is 2.36. The van der Waals surface area contributed by atoms with Crippen LogP contribution in [-0.2, 0) is 4.74 Å². The van der Waals surface area contributed by atoms with Crippen LogP contribution in [0.2, 0.25) is 0 Å². The van der Waals surface area contributed by atoms with E-state index < -0.39 is 0 Å². The number of hydrogen-bond acceptors (Lipinski definition) is 3. The predicted octanol–water partition coefficient (Wildman–Crippen LogP) is 3.66. The Bertz CT molecular complexity index is 393. The van der Waals surface area contributed by atoms with Gasteiger partial charge < -0.3 is 15.2 Å². The lowest BCUT2D eigenvalue weighted by Crippen LogP contribution is -2.24. The molecule has 4 heteroatoms. The van der Waals surface area contributed by atoms with Crippen LogP contribution in [0.4, 0.5) is 0 Å². The minimum atomic E-state index is -0.136. The Kier molecular flexibility index (Phi) is 5.63. The predicted molar refractivity (Wildman–Crippen MR) is 77.9 cm³/mol. The molecule has 0 radical (unpaired) electrons. The number of methoxy groups -OCH3 is 2. The Hall–Kier alpha value is -0.580. The van der Waals surface area contributed by atoms with Gasteiger partial charge in [-0.2, -0.15) is 0 Å². The molecular formula is C14H22BrNO2. The lowest BCUT2D eigenvalue weighted by Gasteiger charge is -2.25. The summed E-state index contributed by atoms with van der Waals surface area (Å²) in [4.78, 5) is 0. The molecule has 1 aromatic carbocycles. The molecule has 102 valence electrons. The molecule has 0 aliphatic heterocycles. The van der Waals surface area contributed by atoms with Gasteiger partial charge in [-0.3, -0.25) is 0 Å². The first kappa shape index (κ1) is 15.5. The van der Waals surface area contributed by atoms with E-state index in [2.05, 4.69) is 29.8 Å². The topological polar surface area (TPSA) is 44.5 Å². The van der Waals surface area contributed by atoms with Crippen molar-refractivity contribution in [3.63, 3.8) is 0 Å². The second kappa shape index (κ2) is 6.55. The van der Waals surface area contributed by atoms with Gasteiger partial charge in [0.05, 0.1) is 12.7 Å². The minimum absolute atomic E-state index is 0.0242. The van der Waals surface area contributed by atoms with Crippen molar-refractivity contribution < 1.29 is 9.47 Å². The van der Waals surface area contributed by atoms with Crippen molar-refractivity contribution in [3.8, 4) is 5.75 Å². The maximum Gasteiger partial charge on any atom is 0.119 e. The number of hydrogen-bond donors (Lipinski definition) is 1. The van der Waals surface area contributed by atoms with Crippen LogP contribution < -0.4 is 10.5 Å². The van der Waals surface area contributed by atoms with Gasteiger partial charge in [0.25, 0.3) is 0 Å². The largest absolute Gasteiger partial charge is 0.497 e. The van der Waals surface area contributed by atoms with E-state index in [0.29, 0.717) is 0 Å². The van der Waals surface area contributed by atoms with Crippen LogP contribution in [0.3, 0.4) is 0 Å². The monoisotopic (exact) mass is 315 g/mol. The molecule has 0 aliphatic rings. The van der Waals surface area contributed by atoms with Gasteiger partial charge in [0.2, 0.25) is 0 Å². The molecule has 1 aromatic rings. The average molecular weight is 316 g/mol. The van der Waals surface area contributed by atoms with Gasteiger partial charge in [-0.05, 0) is 50.5 Å². The summed E-state index contributed by atoms with van der Waals surface area (Å²) in [7, 11) is 3.39. The van der Waals surface area contributed by atoms with E-state index in [-0.39, 0.29) is 11.6 Å². The third-order valence-corrected chi connectivity index (χ3v) is 3.93. The number of rotatable bonds is 6. The fourth-order valence-corrected chi connectivity index (χ4v) is 2.23. The first-order valence-electron chi connectivity index (χ1n) is 6.04. The molecule has 0 spiro atoms. The van der Waals surface area contributed by atoms with E-state index in [0.717, 1.165) is 28.6 Å². The molecule has 3 nitrogen and oxygen atoms in total. The zero-order valence-electron chi connectivity index (χ0n) is 11.5. The summed E-state index contributed by atoms with van der Waals surface area (Å²) < 4.78 is 11.7. The molecule has 0 amide bonds. The van der Waals surface area contributed by atoms with E-state index >= 15 is 0 Å². The van der Waals surface area contributed by atoms with Gasteiger partial charge in [-0.25, -0.2) is 0 Å². The molecule has 0 bridgehead atoms. The van der Waals surface area contributed by atoms with Crippen molar-refractivity contribution in [1.82, 2.24) is 0 Å². The molecular weight excluding hydrogens is 294 g/mol. The van der Waals surface area contributed by atoms with E-state index in [1.807, 2.05) is 18.2 Å². The van der Waals surface area contributed by atoms with Crippen LogP contribution in [0.1, 0.15) is 38.3 Å². The summed E-state index contributed by atoms with van der Waals surface area (Å²) in [6, 6.07) is 5.84. The van der Waals surface area contributed by atoms with Gasteiger partial charge in [-0.1, -0.05) is 15.9 Å². The maximum atomic E-state index is 6.24. The highest BCUT2D eigenvalue weighted by Crippen LogP contribution is 2.30. The summed E-state index contributed by atoms with van der Waals surface area (Å²) in [5.41, 5.74) is 7.17. The third kappa shape index (κ3) is 4.26. The standard InChI is InChI=1S/C14H22BrNO2/c1-14(2,18-4)8-7-13(16)11-9-10(17-3)5-6-12(11)15/h5-6,9,13H,7-8,16H2,1-4H3. The van der Waals surface area contributed by atoms with Gasteiger partial charge in [0.15, 0.2) is 0 Å². The Morgan fingerprint density at radius 1 is 1.33 bits per heavy atom. The van der Waals surface area contributed by atoms with E-state index in [1.54, 1.807) is 14.2 Å².